The van der Waals surface area contributed by atoms with E-state index < -0.39 is 0 Å². The highest BCUT2D eigenvalue weighted by Gasteiger charge is 2.13. The molecule has 0 radical (unpaired) electrons. The van der Waals surface area contributed by atoms with Gasteiger partial charge in [-0.05, 0) is 12.3 Å². The normalized spacial score (nSPS) is 28.6. The molecule has 2 nitrogen and oxygen atoms in total. The van der Waals surface area contributed by atoms with Gasteiger partial charge in [0.1, 0.15) is 0 Å². The SMILES string of the molecule is C=C1CNC[C@H](CO)C1. The van der Waals surface area contributed by atoms with Gasteiger partial charge in [-0.25, -0.2) is 0 Å². The zero-order valence-electron chi connectivity index (χ0n) is 5.56. The minimum atomic E-state index is 0.284. The number of aliphatic hydroxyl groups is 1. The molecule has 0 aromatic carbocycles. The second-order valence-electron chi connectivity index (χ2n) is 2.63. The molecule has 1 heterocycles. The predicted octanol–water partition coefficient (Wildman–Crippen LogP) is 0.144. The van der Waals surface area contributed by atoms with E-state index >= 15 is 0 Å². The topological polar surface area (TPSA) is 32.3 Å². The molecule has 1 fully saturated rings. The number of rotatable bonds is 1. The Bertz CT molecular complexity index is 111. The lowest BCUT2D eigenvalue weighted by Gasteiger charge is -2.22. The lowest BCUT2D eigenvalue weighted by molar-refractivity contribution is 0.214. The van der Waals surface area contributed by atoms with Gasteiger partial charge >= 0.3 is 0 Å². The monoisotopic (exact) mass is 127 g/mol. The second-order valence-corrected chi connectivity index (χ2v) is 2.63. The van der Waals surface area contributed by atoms with E-state index in [1.54, 1.807) is 0 Å². The maximum absolute atomic E-state index is 8.73. The Kier molecular flexibility index (Phi) is 2.25. The molecule has 52 valence electrons. The highest BCUT2D eigenvalue weighted by Crippen LogP contribution is 2.12. The maximum Gasteiger partial charge on any atom is 0.0474 e. The van der Waals surface area contributed by atoms with Crippen LogP contribution in [-0.4, -0.2) is 24.8 Å². The highest BCUT2D eigenvalue weighted by atomic mass is 16.3. The molecule has 1 aliphatic heterocycles. The van der Waals surface area contributed by atoms with Crippen molar-refractivity contribution < 1.29 is 5.11 Å². The third-order valence-corrected chi connectivity index (χ3v) is 1.64. The molecule has 0 aliphatic carbocycles. The minimum Gasteiger partial charge on any atom is -0.396 e. The smallest absolute Gasteiger partial charge is 0.0474 e. The average Bonchev–Trinajstić information content (AvgIpc) is 1.88. The van der Waals surface area contributed by atoms with Gasteiger partial charge < -0.3 is 10.4 Å². The van der Waals surface area contributed by atoms with Crippen LogP contribution in [0.3, 0.4) is 0 Å². The predicted molar refractivity (Wildman–Crippen MR) is 37.2 cm³/mol. The van der Waals surface area contributed by atoms with Gasteiger partial charge in [-0.2, -0.15) is 0 Å². The molecule has 0 unspecified atom stereocenters. The van der Waals surface area contributed by atoms with Gasteiger partial charge in [0.15, 0.2) is 0 Å². The van der Waals surface area contributed by atoms with Crippen LogP contribution in [0.1, 0.15) is 6.42 Å². The number of hydrogen-bond donors (Lipinski definition) is 2. The van der Waals surface area contributed by atoms with Gasteiger partial charge in [0.25, 0.3) is 0 Å². The number of nitrogens with one attached hydrogen (secondary N) is 1. The summed E-state index contributed by atoms with van der Waals surface area (Å²) in [7, 11) is 0. The van der Waals surface area contributed by atoms with E-state index in [-0.39, 0.29) is 6.61 Å². The van der Waals surface area contributed by atoms with Crippen molar-refractivity contribution in [3.63, 3.8) is 0 Å². The molecule has 1 atom stereocenters. The standard InChI is InChI=1S/C7H13NO/c1-6-2-7(5-9)4-8-3-6/h7-9H,1-5H2/t7-/m1/s1. The van der Waals surface area contributed by atoms with Crippen LogP contribution < -0.4 is 5.32 Å². The zero-order chi connectivity index (χ0) is 6.69. The summed E-state index contributed by atoms with van der Waals surface area (Å²) >= 11 is 0. The molecular formula is C7H13NO. The molecule has 1 aliphatic rings. The number of piperidine rings is 1. The first kappa shape index (κ1) is 6.78. The fraction of sp³-hybridized carbons (Fsp3) is 0.714. The maximum atomic E-state index is 8.73. The molecule has 9 heavy (non-hydrogen) atoms. The van der Waals surface area contributed by atoms with Crippen LogP contribution in [0, 0.1) is 5.92 Å². The Morgan fingerprint density at radius 1 is 1.78 bits per heavy atom. The Labute approximate surface area is 55.6 Å². The summed E-state index contributed by atoms with van der Waals surface area (Å²) in [6, 6.07) is 0. The van der Waals surface area contributed by atoms with E-state index in [9.17, 15) is 0 Å². The van der Waals surface area contributed by atoms with Gasteiger partial charge in [-0.15, -0.1) is 0 Å². The third-order valence-electron chi connectivity index (χ3n) is 1.64. The lowest BCUT2D eigenvalue weighted by Crippen LogP contribution is -2.32. The van der Waals surface area contributed by atoms with Crippen LogP contribution in [0.25, 0.3) is 0 Å². The molecule has 0 saturated carbocycles. The van der Waals surface area contributed by atoms with Crippen molar-refractivity contribution in [2.75, 3.05) is 19.7 Å². The molecule has 0 spiro atoms. The molecule has 1 rings (SSSR count). The lowest BCUT2D eigenvalue weighted by atomic mass is 9.97. The van der Waals surface area contributed by atoms with E-state index in [1.807, 2.05) is 0 Å². The fourth-order valence-corrected chi connectivity index (χ4v) is 1.13. The summed E-state index contributed by atoms with van der Waals surface area (Å²) in [4.78, 5) is 0. The van der Waals surface area contributed by atoms with E-state index in [0.29, 0.717) is 5.92 Å². The van der Waals surface area contributed by atoms with Crippen molar-refractivity contribution in [2.45, 2.75) is 6.42 Å². The minimum absolute atomic E-state index is 0.284. The van der Waals surface area contributed by atoms with Crippen molar-refractivity contribution in [2.24, 2.45) is 5.92 Å². The molecule has 0 aromatic rings. The highest BCUT2D eigenvalue weighted by molar-refractivity contribution is 5.01. The second kappa shape index (κ2) is 2.99. The fourth-order valence-electron chi connectivity index (χ4n) is 1.13. The van der Waals surface area contributed by atoms with Crippen molar-refractivity contribution in [3.8, 4) is 0 Å². The number of hydrogen-bond acceptors (Lipinski definition) is 2. The van der Waals surface area contributed by atoms with Gasteiger partial charge in [0, 0.05) is 19.7 Å². The Morgan fingerprint density at radius 3 is 3.00 bits per heavy atom. The van der Waals surface area contributed by atoms with E-state index in [4.69, 9.17) is 5.11 Å². The Morgan fingerprint density at radius 2 is 2.56 bits per heavy atom. The Balaban J connectivity index is 2.32. The number of aliphatic hydroxyl groups excluding tert-OH is 1. The largest absolute Gasteiger partial charge is 0.396 e. The Hall–Kier alpha value is -0.340. The summed E-state index contributed by atoms with van der Waals surface area (Å²) in [5.41, 5.74) is 1.21. The molecule has 0 amide bonds. The van der Waals surface area contributed by atoms with Gasteiger partial charge in [0.05, 0.1) is 0 Å². The van der Waals surface area contributed by atoms with Gasteiger partial charge in [-0.1, -0.05) is 12.2 Å². The van der Waals surface area contributed by atoms with Crippen molar-refractivity contribution >= 4 is 0 Å². The van der Waals surface area contributed by atoms with Gasteiger partial charge in [-0.3, -0.25) is 0 Å². The summed E-state index contributed by atoms with van der Waals surface area (Å²) in [5, 5.41) is 11.9. The molecule has 1 saturated heterocycles. The van der Waals surface area contributed by atoms with E-state index in [1.165, 1.54) is 5.57 Å². The first-order valence-electron chi connectivity index (χ1n) is 3.31. The van der Waals surface area contributed by atoms with E-state index in [2.05, 4.69) is 11.9 Å². The average molecular weight is 127 g/mol. The third kappa shape index (κ3) is 1.80. The van der Waals surface area contributed by atoms with Crippen LogP contribution in [0.15, 0.2) is 12.2 Å². The summed E-state index contributed by atoms with van der Waals surface area (Å²) in [6.45, 7) is 5.99. The van der Waals surface area contributed by atoms with Crippen LogP contribution >= 0.6 is 0 Å². The molecule has 2 N–H and O–H groups in total. The van der Waals surface area contributed by atoms with Gasteiger partial charge in [0.2, 0.25) is 0 Å². The van der Waals surface area contributed by atoms with Crippen molar-refractivity contribution in [1.29, 1.82) is 0 Å². The van der Waals surface area contributed by atoms with Crippen LogP contribution in [0.4, 0.5) is 0 Å². The molecule has 2 heteroatoms. The summed E-state index contributed by atoms with van der Waals surface area (Å²) < 4.78 is 0. The van der Waals surface area contributed by atoms with Crippen LogP contribution in [0.2, 0.25) is 0 Å². The molecular weight excluding hydrogens is 114 g/mol. The van der Waals surface area contributed by atoms with Crippen LogP contribution in [0.5, 0.6) is 0 Å². The van der Waals surface area contributed by atoms with Crippen molar-refractivity contribution in [3.05, 3.63) is 12.2 Å². The summed E-state index contributed by atoms with van der Waals surface area (Å²) in [6.07, 6.45) is 0.990. The summed E-state index contributed by atoms with van der Waals surface area (Å²) in [5.74, 6) is 0.409. The van der Waals surface area contributed by atoms with Crippen molar-refractivity contribution in [1.82, 2.24) is 5.32 Å². The zero-order valence-corrected chi connectivity index (χ0v) is 5.56. The molecule has 0 bridgehead atoms. The first-order valence-corrected chi connectivity index (χ1v) is 3.31. The quantitative estimate of drug-likeness (QED) is 0.491. The van der Waals surface area contributed by atoms with E-state index in [0.717, 1.165) is 19.5 Å². The van der Waals surface area contributed by atoms with Crippen LogP contribution in [-0.2, 0) is 0 Å². The first-order chi connectivity index (χ1) is 4.33. The molecule has 0 aromatic heterocycles.